The van der Waals surface area contributed by atoms with E-state index in [4.69, 9.17) is 4.74 Å². The number of non-ortho nitro benzene ring substituents is 1. The average Bonchev–Trinajstić information content (AvgIpc) is 2.61. The van der Waals surface area contributed by atoms with Crippen LogP contribution in [0.25, 0.3) is 0 Å². The minimum atomic E-state index is -0.417. The molecular weight excluding hydrogens is 332 g/mol. The number of carbonyl (C=O) groups is 1. The summed E-state index contributed by atoms with van der Waals surface area (Å²) in [6, 6.07) is 12.3. The van der Waals surface area contributed by atoms with Crippen molar-refractivity contribution in [1.82, 2.24) is 5.32 Å². The zero-order valence-corrected chi connectivity index (χ0v) is 15.3. The Morgan fingerprint density at radius 3 is 2.54 bits per heavy atom. The SMILES string of the molecule is Cc1cccc(OCC(=O)CN[C@H](C)Cc2ccc([N+](=O)[O-])cc2)c1C. The van der Waals surface area contributed by atoms with Gasteiger partial charge in [0.05, 0.1) is 11.5 Å². The van der Waals surface area contributed by atoms with E-state index in [-0.39, 0.29) is 30.7 Å². The van der Waals surface area contributed by atoms with Gasteiger partial charge in [-0.2, -0.15) is 0 Å². The molecular formula is C20H24N2O4. The van der Waals surface area contributed by atoms with Crippen molar-refractivity contribution in [1.29, 1.82) is 0 Å². The Morgan fingerprint density at radius 2 is 1.88 bits per heavy atom. The molecule has 0 spiro atoms. The van der Waals surface area contributed by atoms with Crippen LogP contribution in [-0.2, 0) is 11.2 Å². The summed E-state index contributed by atoms with van der Waals surface area (Å²) in [7, 11) is 0. The second kappa shape index (κ2) is 9.10. The Labute approximate surface area is 153 Å². The number of hydrogen-bond acceptors (Lipinski definition) is 5. The van der Waals surface area contributed by atoms with Crippen LogP contribution in [0.15, 0.2) is 42.5 Å². The molecule has 26 heavy (non-hydrogen) atoms. The molecule has 1 atom stereocenters. The standard InChI is InChI=1S/C20H24N2O4/c1-14-5-4-6-20(16(14)3)26-13-19(23)12-21-15(2)11-17-7-9-18(10-8-17)22(24)25/h4-10,15,21H,11-13H2,1-3H3/t15-/m1/s1. The van der Waals surface area contributed by atoms with E-state index in [9.17, 15) is 14.9 Å². The Balaban J connectivity index is 1.76. The lowest BCUT2D eigenvalue weighted by Gasteiger charge is -2.14. The van der Waals surface area contributed by atoms with Crippen molar-refractivity contribution in [3.8, 4) is 5.75 Å². The van der Waals surface area contributed by atoms with Crippen molar-refractivity contribution in [3.63, 3.8) is 0 Å². The monoisotopic (exact) mass is 356 g/mol. The number of nitrogens with zero attached hydrogens (tertiary/aromatic N) is 1. The van der Waals surface area contributed by atoms with Crippen LogP contribution in [0.5, 0.6) is 5.75 Å². The van der Waals surface area contributed by atoms with Gasteiger partial charge in [0.1, 0.15) is 12.4 Å². The first-order valence-electron chi connectivity index (χ1n) is 8.54. The molecule has 0 unspecified atom stereocenters. The van der Waals surface area contributed by atoms with Gasteiger partial charge in [0, 0.05) is 18.2 Å². The zero-order chi connectivity index (χ0) is 19.1. The molecule has 0 aliphatic heterocycles. The highest BCUT2D eigenvalue weighted by molar-refractivity contribution is 5.82. The number of nitro groups is 1. The Hall–Kier alpha value is -2.73. The summed E-state index contributed by atoms with van der Waals surface area (Å²) in [5.74, 6) is 0.707. The lowest BCUT2D eigenvalue weighted by Crippen LogP contribution is -2.35. The van der Waals surface area contributed by atoms with Crippen molar-refractivity contribution in [2.45, 2.75) is 33.2 Å². The van der Waals surface area contributed by atoms with Gasteiger partial charge in [-0.3, -0.25) is 14.9 Å². The van der Waals surface area contributed by atoms with Crippen molar-refractivity contribution >= 4 is 11.5 Å². The van der Waals surface area contributed by atoms with E-state index in [0.717, 1.165) is 22.4 Å². The van der Waals surface area contributed by atoms with Crippen molar-refractivity contribution in [2.75, 3.05) is 13.2 Å². The fraction of sp³-hybridized carbons (Fsp3) is 0.350. The van der Waals surface area contributed by atoms with Gasteiger partial charge >= 0.3 is 0 Å². The Kier molecular flexibility index (Phi) is 6.86. The molecule has 0 amide bonds. The summed E-state index contributed by atoms with van der Waals surface area (Å²) >= 11 is 0. The molecule has 0 aromatic heterocycles. The summed E-state index contributed by atoms with van der Waals surface area (Å²) < 4.78 is 5.61. The fourth-order valence-corrected chi connectivity index (χ4v) is 2.56. The van der Waals surface area contributed by atoms with Crippen LogP contribution in [0.2, 0.25) is 0 Å². The van der Waals surface area contributed by atoms with Gasteiger partial charge in [0.15, 0.2) is 5.78 Å². The van der Waals surface area contributed by atoms with E-state index in [0.29, 0.717) is 6.42 Å². The number of ketones is 1. The van der Waals surface area contributed by atoms with E-state index in [1.165, 1.54) is 12.1 Å². The second-order valence-corrected chi connectivity index (χ2v) is 6.44. The smallest absolute Gasteiger partial charge is 0.269 e. The fourth-order valence-electron chi connectivity index (χ4n) is 2.56. The third kappa shape index (κ3) is 5.67. The van der Waals surface area contributed by atoms with Gasteiger partial charge in [-0.15, -0.1) is 0 Å². The maximum absolute atomic E-state index is 12.0. The van der Waals surface area contributed by atoms with E-state index in [2.05, 4.69) is 5.32 Å². The third-order valence-corrected chi connectivity index (χ3v) is 4.28. The highest BCUT2D eigenvalue weighted by Gasteiger charge is 2.10. The molecule has 0 aliphatic carbocycles. The molecule has 2 aromatic carbocycles. The third-order valence-electron chi connectivity index (χ3n) is 4.28. The Morgan fingerprint density at radius 1 is 1.19 bits per heavy atom. The number of nitro benzene ring substituents is 1. The van der Waals surface area contributed by atoms with E-state index < -0.39 is 4.92 Å². The van der Waals surface area contributed by atoms with E-state index >= 15 is 0 Å². The summed E-state index contributed by atoms with van der Waals surface area (Å²) in [4.78, 5) is 22.3. The number of benzene rings is 2. The molecule has 6 nitrogen and oxygen atoms in total. The first-order valence-corrected chi connectivity index (χ1v) is 8.54. The van der Waals surface area contributed by atoms with Crippen LogP contribution in [-0.4, -0.2) is 29.9 Å². The molecule has 2 aromatic rings. The normalized spacial score (nSPS) is 11.8. The quantitative estimate of drug-likeness (QED) is 0.550. The molecule has 0 fully saturated rings. The van der Waals surface area contributed by atoms with Gasteiger partial charge in [0.2, 0.25) is 0 Å². The number of Topliss-reactive ketones (excluding diaryl/α,β-unsaturated/α-hetero) is 1. The number of ether oxygens (including phenoxy) is 1. The molecule has 0 bridgehead atoms. The second-order valence-electron chi connectivity index (χ2n) is 6.44. The molecule has 6 heteroatoms. The number of aryl methyl sites for hydroxylation is 1. The van der Waals surface area contributed by atoms with Gasteiger partial charge in [-0.05, 0) is 49.9 Å². The molecule has 0 saturated heterocycles. The van der Waals surface area contributed by atoms with Crippen LogP contribution in [0, 0.1) is 24.0 Å². The summed E-state index contributed by atoms with van der Waals surface area (Å²) in [5, 5.41) is 13.8. The summed E-state index contributed by atoms with van der Waals surface area (Å²) in [5.41, 5.74) is 3.23. The summed E-state index contributed by atoms with van der Waals surface area (Å²) in [6.45, 7) is 6.20. The van der Waals surface area contributed by atoms with E-state index in [1.807, 2.05) is 39.0 Å². The highest BCUT2D eigenvalue weighted by atomic mass is 16.6. The first kappa shape index (κ1) is 19.6. The maximum Gasteiger partial charge on any atom is 0.269 e. The Bertz CT molecular complexity index is 772. The number of carbonyl (C=O) groups excluding carboxylic acids is 1. The molecule has 0 radical (unpaired) electrons. The van der Waals surface area contributed by atoms with Crippen LogP contribution in [0.1, 0.15) is 23.6 Å². The average molecular weight is 356 g/mol. The lowest BCUT2D eigenvalue weighted by atomic mass is 10.1. The van der Waals surface area contributed by atoms with Gasteiger partial charge < -0.3 is 10.1 Å². The molecule has 0 aliphatic rings. The van der Waals surface area contributed by atoms with E-state index in [1.54, 1.807) is 12.1 Å². The van der Waals surface area contributed by atoms with Crippen LogP contribution in [0.4, 0.5) is 5.69 Å². The first-order chi connectivity index (χ1) is 12.4. The van der Waals surface area contributed by atoms with Crippen LogP contribution >= 0.6 is 0 Å². The zero-order valence-electron chi connectivity index (χ0n) is 15.3. The van der Waals surface area contributed by atoms with Gasteiger partial charge in [-0.1, -0.05) is 24.3 Å². The number of rotatable bonds is 9. The molecule has 0 heterocycles. The molecule has 2 rings (SSSR count). The topological polar surface area (TPSA) is 81.5 Å². The molecule has 1 N–H and O–H groups in total. The number of hydrogen-bond donors (Lipinski definition) is 1. The van der Waals surface area contributed by atoms with Crippen LogP contribution in [0.3, 0.4) is 0 Å². The maximum atomic E-state index is 12.0. The van der Waals surface area contributed by atoms with Crippen molar-refractivity contribution in [2.24, 2.45) is 0 Å². The lowest BCUT2D eigenvalue weighted by molar-refractivity contribution is -0.384. The minimum absolute atomic E-state index is 0.0264. The minimum Gasteiger partial charge on any atom is -0.486 e. The number of nitrogens with one attached hydrogen (secondary N) is 1. The predicted molar refractivity (Wildman–Crippen MR) is 101 cm³/mol. The van der Waals surface area contributed by atoms with Gasteiger partial charge in [0.25, 0.3) is 5.69 Å². The summed E-state index contributed by atoms with van der Waals surface area (Å²) in [6.07, 6.45) is 0.684. The van der Waals surface area contributed by atoms with Gasteiger partial charge in [-0.25, -0.2) is 0 Å². The largest absolute Gasteiger partial charge is 0.486 e. The van der Waals surface area contributed by atoms with Crippen molar-refractivity contribution in [3.05, 3.63) is 69.3 Å². The van der Waals surface area contributed by atoms with Crippen LogP contribution < -0.4 is 10.1 Å². The molecule has 138 valence electrons. The predicted octanol–water partition coefficient (Wildman–Crippen LogP) is 3.38. The molecule has 0 saturated carbocycles. The highest BCUT2D eigenvalue weighted by Crippen LogP contribution is 2.20. The van der Waals surface area contributed by atoms with Crippen molar-refractivity contribution < 1.29 is 14.5 Å².